The SMILES string of the molecule is Cc1cccc(CNC(=O)c2cc(NCCc3ccccc3F)ncn2)c1. The van der Waals surface area contributed by atoms with Gasteiger partial charge in [0.25, 0.3) is 5.91 Å². The number of hydrogen-bond donors (Lipinski definition) is 2. The summed E-state index contributed by atoms with van der Waals surface area (Å²) < 4.78 is 13.6. The van der Waals surface area contributed by atoms with E-state index in [0.717, 1.165) is 11.1 Å². The number of anilines is 1. The van der Waals surface area contributed by atoms with Crippen molar-refractivity contribution in [2.75, 3.05) is 11.9 Å². The van der Waals surface area contributed by atoms with E-state index in [0.29, 0.717) is 30.9 Å². The highest BCUT2D eigenvalue weighted by Gasteiger charge is 2.09. The number of rotatable bonds is 7. The van der Waals surface area contributed by atoms with Gasteiger partial charge < -0.3 is 10.6 Å². The lowest BCUT2D eigenvalue weighted by molar-refractivity contribution is 0.0945. The molecule has 0 unspecified atom stereocenters. The van der Waals surface area contributed by atoms with Crippen molar-refractivity contribution < 1.29 is 9.18 Å². The van der Waals surface area contributed by atoms with Crippen LogP contribution in [-0.4, -0.2) is 22.4 Å². The number of benzene rings is 2. The lowest BCUT2D eigenvalue weighted by atomic mass is 10.1. The summed E-state index contributed by atoms with van der Waals surface area (Å²) in [6, 6.07) is 16.2. The third kappa shape index (κ3) is 5.34. The lowest BCUT2D eigenvalue weighted by Gasteiger charge is -2.08. The molecule has 2 N–H and O–H groups in total. The molecule has 3 aromatic rings. The fourth-order valence-corrected chi connectivity index (χ4v) is 2.70. The first-order valence-electron chi connectivity index (χ1n) is 8.75. The molecule has 0 spiro atoms. The van der Waals surface area contributed by atoms with Crippen molar-refractivity contribution in [1.82, 2.24) is 15.3 Å². The van der Waals surface area contributed by atoms with Crippen LogP contribution >= 0.6 is 0 Å². The minimum absolute atomic E-state index is 0.224. The van der Waals surface area contributed by atoms with Gasteiger partial charge in [0.2, 0.25) is 0 Å². The molecule has 0 aliphatic heterocycles. The predicted molar refractivity (Wildman–Crippen MR) is 103 cm³/mol. The van der Waals surface area contributed by atoms with Crippen LogP contribution in [0.25, 0.3) is 0 Å². The van der Waals surface area contributed by atoms with Crippen molar-refractivity contribution in [3.05, 3.63) is 89.1 Å². The topological polar surface area (TPSA) is 66.9 Å². The molecule has 0 radical (unpaired) electrons. The van der Waals surface area contributed by atoms with Gasteiger partial charge in [0.15, 0.2) is 0 Å². The van der Waals surface area contributed by atoms with Crippen LogP contribution in [0.3, 0.4) is 0 Å². The van der Waals surface area contributed by atoms with Crippen LogP contribution in [0.15, 0.2) is 60.9 Å². The highest BCUT2D eigenvalue weighted by Crippen LogP contribution is 2.09. The van der Waals surface area contributed by atoms with Crippen molar-refractivity contribution >= 4 is 11.7 Å². The van der Waals surface area contributed by atoms with Gasteiger partial charge in [0.1, 0.15) is 23.7 Å². The molecule has 138 valence electrons. The zero-order chi connectivity index (χ0) is 19.1. The van der Waals surface area contributed by atoms with Crippen LogP contribution in [0.4, 0.5) is 10.2 Å². The molecule has 0 aliphatic carbocycles. The van der Waals surface area contributed by atoms with Gasteiger partial charge in [0, 0.05) is 19.2 Å². The minimum Gasteiger partial charge on any atom is -0.370 e. The third-order valence-electron chi connectivity index (χ3n) is 4.09. The number of nitrogens with zero attached hydrogens (tertiary/aromatic N) is 2. The maximum Gasteiger partial charge on any atom is 0.270 e. The zero-order valence-corrected chi connectivity index (χ0v) is 15.1. The second-order valence-electron chi connectivity index (χ2n) is 6.23. The van der Waals surface area contributed by atoms with Gasteiger partial charge in [-0.15, -0.1) is 0 Å². The molecule has 0 atom stereocenters. The van der Waals surface area contributed by atoms with Crippen LogP contribution in [0.2, 0.25) is 0 Å². The molecule has 0 saturated heterocycles. The second-order valence-corrected chi connectivity index (χ2v) is 6.23. The van der Waals surface area contributed by atoms with Crippen LogP contribution in [-0.2, 0) is 13.0 Å². The van der Waals surface area contributed by atoms with Crippen molar-refractivity contribution in [3.8, 4) is 0 Å². The molecule has 0 aliphatic rings. The fourth-order valence-electron chi connectivity index (χ4n) is 2.70. The molecule has 0 bridgehead atoms. The standard InChI is InChI=1S/C21H21FN4O/c1-15-5-4-6-16(11-15)13-24-21(27)19-12-20(26-14-25-19)23-10-9-17-7-2-3-8-18(17)22/h2-8,11-12,14H,9-10,13H2,1H3,(H,24,27)(H,23,25,26). The Morgan fingerprint density at radius 3 is 2.74 bits per heavy atom. The Labute approximate surface area is 157 Å². The van der Waals surface area contributed by atoms with Gasteiger partial charge in [-0.1, -0.05) is 48.0 Å². The van der Waals surface area contributed by atoms with Gasteiger partial charge in [-0.05, 0) is 30.5 Å². The van der Waals surface area contributed by atoms with Crippen molar-refractivity contribution in [3.63, 3.8) is 0 Å². The first-order chi connectivity index (χ1) is 13.1. The predicted octanol–water partition coefficient (Wildman–Crippen LogP) is 3.51. The van der Waals surface area contributed by atoms with Crippen LogP contribution < -0.4 is 10.6 Å². The van der Waals surface area contributed by atoms with Crippen LogP contribution in [0.1, 0.15) is 27.2 Å². The largest absolute Gasteiger partial charge is 0.370 e. The molecule has 27 heavy (non-hydrogen) atoms. The molecule has 6 heteroatoms. The molecule has 5 nitrogen and oxygen atoms in total. The maximum atomic E-state index is 13.6. The Hall–Kier alpha value is -3.28. The normalized spacial score (nSPS) is 10.4. The molecule has 2 aromatic carbocycles. The number of carbonyl (C=O) groups excluding carboxylic acids is 1. The monoisotopic (exact) mass is 364 g/mol. The second kappa shape index (κ2) is 8.89. The van der Waals surface area contributed by atoms with Gasteiger partial charge in [0.05, 0.1) is 0 Å². The summed E-state index contributed by atoms with van der Waals surface area (Å²) in [6.07, 6.45) is 1.86. The number of nitrogens with one attached hydrogen (secondary N) is 2. The summed E-state index contributed by atoms with van der Waals surface area (Å²) in [5, 5.41) is 5.95. The first kappa shape index (κ1) is 18.5. The van der Waals surface area contributed by atoms with E-state index in [1.54, 1.807) is 24.3 Å². The third-order valence-corrected chi connectivity index (χ3v) is 4.09. The maximum absolute atomic E-state index is 13.6. The minimum atomic E-state index is -0.268. The van der Waals surface area contributed by atoms with Gasteiger partial charge in [-0.2, -0.15) is 0 Å². The van der Waals surface area contributed by atoms with E-state index in [1.807, 2.05) is 31.2 Å². The number of aromatic nitrogens is 2. The molecule has 0 fully saturated rings. The molecule has 0 saturated carbocycles. The smallest absolute Gasteiger partial charge is 0.270 e. The van der Waals surface area contributed by atoms with E-state index in [9.17, 15) is 9.18 Å². The van der Waals surface area contributed by atoms with Crippen molar-refractivity contribution in [2.24, 2.45) is 0 Å². The van der Waals surface area contributed by atoms with Crippen LogP contribution in [0, 0.1) is 12.7 Å². The summed E-state index contributed by atoms with van der Waals surface area (Å²) in [6.45, 7) is 2.94. The van der Waals surface area contributed by atoms with Crippen molar-refractivity contribution in [2.45, 2.75) is 19.9 Å². The number of halogens is 1. The van der Waals surface area contributed by atoms with Crippen molar-refractivity contribution in [1.29, 1.82) is 0 Å². The van der Waals surface area contributed by atoms with E-state index in [2.05, 4.69) is 20.6 Å². The van der Waals surface area contributed by atoms with Crippen LogP contribution in [0.5, 0.6) is 0 Å². The Morgan fingerprint density at radius 1 is 1.07 bits per heavy atom. The molecule has 1 aromatic heterocycles. The zero-order valence-electron chi connectivity index (χ0n) is 15.1. The summed E-state index contributed by atoms with van der Waals surface area (Å²) in [5.74, 6) is 0.0382. The van der Waals surface area contributed by atoms with Gasteiger partial charge >= 0.3 is 0 Å². The number of carbonyl (C=O) groups is 1. The Bertz CT molecular complexity index is 929. The molecule has 1 heterocycles. The van der Waals surface area contributed by atoms with Gasteiger partial charge in [-0.3, -0.25) is 4.79 Å². The Morgan fingerprint density at radius 2 is 1.93 bits per heavy atom. The quantitative estimate of drug-likeness (QED) is 0.673. The lowest BCUT2D eigenvalue weighted by Crippen LogP contribution is -2.24. The summed E-state index contributed by atoms with van der Waals surface area (Å²) in [7, 11) is 0. The van der Waals surface area contributed by atoms with E-state index in [4.69, 9.17) is 0 Å². The average molecular weight is 364 g/mol. The Balaban J connectivity index is 1.54. The average Bonchev–Trinajstić information content (AvgIpc) is 2.68. The number of hydrogen-bond acceptors (Lipinski definition) is 4. The first-order valence-corrected chi connectivity index (χ1v) is 8.75. The Kier molecular flexibility index (Phi) is 6.10. The summed E-state index contributed by atoms with van der Waals surface area (Å²) >= 11 is 0. The molecule has 3 rings (SSSR count). The van der Waals surface area contributed by atoms with E-state index in [1.165, 1.54) is 12.4 Å². The van der Waals surface area contributed by atoms with E-state index < -0.39 is 0 Å². The molecular formula is C21H21FN4O. The molecule has 1 amide bonds. The number of aryl methyl sites for hydroxylation is 1. The van der Waals surface area contributed by atoms with Gasteiger partial charge in [-0.25, -0.2) is 14.4 Å². The highest BCUT2D eigenvalue weighted by molar-refractivity contribution is 5.92. The summed E-state index contributed by atoms with van der Waals surface area (Å²) in [5.41, 5.74) is 3.09. The highest BCUT2D eigenvalue weighted by atomic mass is 19.1. The number of amides is 1. The molecular weight excluding hydrogens is 343 g/mol. The summed E-state index contributed by atoms with van der Waals surface area (Å²) in [4.78, 5) is 20.5. The van der Waals surface area contributed by atoms with E-state index >= 15 is 0 Å². The van der Waals surface area contributed by atoms with E-state index in [-0.39, 0.29) is 17.4 Å². The fraction of sp³-hybridized carbons (Fsp3) is 0.190.